The van der Waals surface area contributed by atoms with Gasteiger partial charge in [-0.15, -0.1) is 0 Å². The molecular formula is C15H17ClN2O. The van der Waals surface area contributed by atoms with Crippen LogP contribution in [0.5, 0.6) is 11.6 Å². The molecule has 0 spiro atoms. The van der Waals surface area contributed by atoms with Crippen LogP contribution in [0.15, 0.2) is 42.6 Å². The summed E-state index contributed by atoms with van der Waals surface area (Å²) in [5.74, 6) is 1.32. The smallest absolute Gasteiger partial charge is 0.222 e. The zero-order chi connectivity index (χ0) is 13.7. The Balaban J connectivity index is 2.17. The first-order valence-electron chi connectivity index (χ1n) is 6.32. The van der Waals surface area contributed by atoms with Gasteiger partial charge < -0.3 is 10.5 Å². The highest BCUT2D eigenvalue weighted by molar-refractivity contribution is 6.30. The summed E-state index contributed by atoms with van der Waals surface area (Å²) in [5.41, 5.74) is 7.01. The molecule has 19 heavy (non-hydrogen) atoms. The van der Waals surface area contributed by atoms with E-state index in [-0.39, 0.29) is 6.04 Å². The lowest BCUT2D eigenvalue weighted by Crippen LogP contribution is -2.21. The molecule has 0 saturated heterocycles. The molecular weight excluding hydrogens is 260 g/mol. The van der Waals surface area contributed by atoms with Gasteiger partial charge in [-0.2, -0.15) is 0 Å². The molecule has 1 heterocycles. The Labute approximate surface area is 118 Å². The molecule has 1 atom stereocenters. The zero-order valence-corrected chi connectivity index (χ0v) is 11.6. The third-order valence-electron chi connectivity index (χ3n) is 2.88. The molecule has 1 aromatic carbocycles. The summed E-state index contributed by atoms with van der Waals surface area (Å²) in [7, 11) is 0. The minimum Gasteiger partial charge on any atom is -0.439 e. The van der Waals surface area contributed by atoms with Crippen molar-refractivity contribution in [1.29, 1.82) is 0 Å². The molecule has 100 valence electrons. The monoisotopic (exact) mass is 276 g/mol. The Morgan fingerprint density at radius 1 is 1.26 bits per heavy atom. The lowest BCUT2D eigenvalue weighted by atomic mass is 10.1. The van der Waals surface area contributed by atoms with Crippen LogP contribution in [-0.2, 0) is 6.42 Å². The van der Waals surface area contributed by atoms with Gasteiger partial charge >= 0.3 is 0 Å². The highest BCUT2D eigenvalue weighted by Crippen LogP contribution is 2.25. The van der Waals surface area contributed by atoms with Crippen molar-refractivity contribution in [3.05, 3.63) is 53.2 Å². The van der Waals surface area contributed by atoms with Gasteiger partial charge in [-0.3, -0.25) is 0 Å². The van der Waals surface area contributed by atoms with E-state index in [1.165, 1.54) is 0 Å². The maximum absolute atomic E-state index is 5.99. The predicted octanol–water partition coefficient (Wildman–Crippen LogP) is 3.81. The third kappa shape index (κ3) is 3.94. The van der Waals surface area contributed by atoms with Crippen LogP contribution in [0.2, 0.25) is 5.02 Å². The number of aromatic nitrogens is 1. The highest BCUT2D eigenvalue weighted by Gasteiger charge is 2.09. The van der Waals surface area contributed by atoms with Crippen molar-refractivity contribution in [3.63, 3.8) is 0 Å². The summed E-state index contributed by atoms with van der Waals surface area (Å²) in [4.78, 5) is 4.27. The summed E-state index contributed by atoms with van der Waals surface area (Å²) >= 11 is 5.85. The Hall–Kier alpha value is -1.58. The molecule has 0 radical (unpaired) electrons. The Kier molecular flexibility index (Phi) is 4.77. The maximum atomic E-state index is 5.99. The number of pyridine rings is 1. The van der Waals surface area contributed by atoms with Crippen LogP contribution in [0.4, 0.5) is 0 Å². The summed E-state index contributed by atoms with van der Waals surface area (Å²) in [5, 5.41) is 0.682. The zero-order valence-electron chi connectivity index (χ0n) is 10.8. The number of hydrogen-bond acceptors (Lipinski definition) is 3. The Morgan fingerprint density at radius 3 is 2.68 bits per heavy atom. The number of hydrogen-bond donors (Lipinski definition) is 1. The molecule has 2 aromatic rings. The van der Waals surface area contributed by atoms with E-state index in [0.717, 1.165) is 24.2 Å². The van der Waals surface area contributed by atoms with Crippen molar-refractivity contribution in [2.24, 2.45) is 5.73 Å². The van der Waals surface area contributed by atoms with Gasteiger partial charge in [-0.05, 0) is 43.2 Å². The largest absolute Gasteiger partial charge is 0.439 e. The van der Waals surface area contributed by atoms with Gasteiger partial charge in [0, 0.05) is 22.8 Å². The second-order valence-electron chi connectivity index (χ2n) is 4.40. The molecule has 4 heteroatoms. The summed E-state index contributed by atoms with van der Waals surface area (Å²) < 4.78 is 5.78. The molecule has 3 nitrogen and oxygen atoms in total. The first-order valence-corrected chi connectivity index (χ1v) is 6.69. The van der Waals surface area contributed by atoms with Gasteiger partial charge in [-0.1, -0.05) is 24.6 Å². The van der Waals surface area contributed by atoms with Crippen LogP contribution in [0, 0.1) is 0 Å². The number of rotatable bonds is 5. The van der Waals surface area contributed by atoms with Gasteiger partial charge in [0.25, 0.3) is 0 Å². The van der Waals surface area contributed by atoms with E-state index in [4.69, 9.17) is 22.1 Å². The topological polar surface area (TPSA) is 48.1 Å². The van der Waals surface area contributed by atoms with Crippen LogP contribution in [0.3, 0.4) is 0 Å². The van der Waals surface area contributed by atoms with Gasteiger partial charge in [0.1, 0.15) is 5.75 Å². The van der Waals surface area contributed by atoms with Crippen molar-refractivity contribution in [1.82, 2.24) is 4.98 Å². The van der Waals surface area contributed by atoms with Crippen LogP contribution in [-0.4, -0.2) is 11.0 Å². The summed E-state index contributed by atoms with van der Waals surface area (Å²) in [6.07, 6.45) is 3.40. The van der Waals surface area contributed by atoms with Crippen molar-refractivity contribution in [2.45, 2.75) is 25.8 Å². The fourth-order valence-electron chi connectivity index (χ4n) is 1.71. The van der Waals surface area contributed by atoms with Crippen LogP contribution in [0.25, 0.3) is 0 Å². The number of nitrogens with zero attached hydrogens (tertiary/aromatic N) is 1. The fraction of sp³-hybridized carbons (Fsp3) is 0.267. The van der Waals surface area contributed by atoms with Crippen molar-refractivity contribution >= 4 is 11.6 Å². The number of halogens is 1. The molecule has 0 amide bonds. The molecule has 0 bridgehead atoms. The van der Waals surface area contributed by atoms with E-state index < -0.39 is 0 Å². The standard InChI is InChI=1S/C15H17ClN2O/c1-2-13(17)10-11-4-3-9-18-15(11)19-14-7-5-12(16)6-8-14/h3-9,13H,2,10,17H2,1H3. The molecule has 0 saturated carbocycles. The SMILES string of the molecule is CCC(N)Cc1cccnc1Oc1ccc(Cl)cc1. The molecule has 0 aliphatic rings. The fourth-order valence-corrected chi connectivity index (χ4v) is 1.84. The minimum absolute atomic E-state index is 0.122. The molecule has 2 N–H and O–H groups in total. The van der Waals surface area contributed by atoms with E-state index in [9.17, 15) is 0 Å². The average molecular weight is 277 g/mol. The van der Waals surface area contributed by atoms with Gasteiger partial charge in [0.2, 0.25) is 5.88 Å². The van der Waals surface area contributed by atoms with Gasteiger partial charge in [0.05, 0.1) is 0 Å². The van der Waals surface area contributed by atoms with E-state index >= 15 is 0 Å². The number of ether oxygens (including phenoxy) is 1. The average Bonchev–Trinajstić information content (AvgIpc) is 2.43. The van der Waals surface area contributed by atoms with Crippen molar-refractivity contribution in [2.75, 3.05) is 0 Å². The van der Waals surface area contributed by atoms with E-state index in [1.54, 1.807) is 18.3 Å². The van der Waals surface area contributed by atoms with Crippen molar-refractivity contribution < 1.29 is 4.74 Å². The van der Waals surface area contributed by atoms with Crippen molar-refractivity contribution in [3.8, 4) is 11.6 Å². The maximum Gasteiger partial charge on any atom is 0.222 e. The second-order valence-corrected chi connectivity index (χ2v) is 4.83. The third-order valence-corrected chi connectivity index (χ3v) is 3.14. The Bertz CT molecular complexity index is 528. The Morgan fingerprint density at radius 2 is 2.00 bits per heavy atom. The second kappa shape index (κ2) is 6.55. The van der Waals surface area contributed by atoms with Crippen LogP contribution < -0.4 is 10.5 Å². The van der Waals surface area contributed by atoms with Crippen LogP contribution in [0.1, 0.15) is 18.9 Å². The number of nitrogens with two attached hydrogens (primary N) is 1. The summed E-state index contributed by atoms with van der Waals surface area (Å²) in [6.45, 7) is 2.07. The molecule has 0 fully saturated rings. The first-order chi connectivity index (χ1) is 9.19. The molecule has 1 aromatic heterocycles. The van der Waals surface area contributed by atoms with Gasteiger partial charge in [-0.25, -0.2) is 4.98 Å². The minimum atomic E-state index is 0.122. The molecule has 0 aliphatic heterocycles. The molecule has 2 rings (SSSR count). The van der Waals surface area contributed by atoms with E-state index in [1.807, 2.05) is 24.3 Å². The van der Waals surface area contributed by atoms with Gasteiger partial charge in [0.15, 0.2) is 0 Å². The highest BCUT2D eigenvalue weighted by atomic mass is 35.5. The normalized spacial score (nSPS) is 12.2. The first kappa shape index (κ1) is 13.8. The summed E-state index contributed by atoms with van der Waals surface area (Å²) in [6, 6.07) is 11.2. The lowest BCUT2D eigenvalue weighted by molar-refractivity contribution is 0.452. The van der Waals surface area contributed by atoms with E-state index in [2.05, 4.69) is 11.9 Å². The predicted molar refractivity (Wildman–Crippen MR) is 77.7 cm³/mol. The lowest BCUT2D eigenvalue weighted by Gasteiger charge is -2.13. The van der Waals surface area contributed by atoms with Crippen LogP contribution >= 0.6 is 11.6 Å². The number of benzene rings is 1. The molecule has 0 aliphatic carbocycles. The quantitative estimate of drug-likeness (QED) is 0.903. The molecule has 1 unspecified atom stereocenters. The van der Waals surface area contributed by atoms with E-state index in [0.29, 0.717) is 10.9 Å².